The van der Waals surface area contributed by atoms with Crippen LogP contribution in [0.25, 0.3) is 16.2 Å². The maximum absolute atomic E-state index is 12.1. The average molecular weight is 297 g/mol. The van der Waals surface area contributed by atoms with Gasteiger partial charge < -0.3 is 5.11 Å². The second-order valence-corrected chi connectivity index (χ2v) is 5.19. The van der Waals surface area contributed by atoms with Crippen LogP contribution in [0.1, 0.15) is 16.2 Å². The number of H-pyrrole nitrogens is 1. The van der Waals surface area contributed by atoms with E-state index in [0.29, 0.717) is 5.56 Å². The Balaban J connectivity index is 1.84. The first-order valence-electron chi connectivity index (χ1n) is 6.19. The molecule has 0 amide bonds. The van der Waals surface area contributed by atoms with Crippen molar-refractivity contribution in [3.05, 3.63) is 65.6 Å². The van der Waals surface area contributed by atoms with Crippen LogP contribution < -0.4 is 0 Å². The van der Waals surface area contributed by atoms with Crippen LogP contribution in [0.3, 0.4) is 0 Å². The summed E-state index contributed by atoms with van der Waals surface area (Å²) in [7, 11) is 0. The summed E-state index contributed by atoms with van der Waals surface area (Å²) in [6.07, 6.45) is 2.46. The van der Waals surface area contributed by atoms with E-state index in [1.807, 2.05) is 36.4 Å². The molecule has 0 saturated carbocycles. The van der Waals surface area contributed by atoms with Crippen LogP contribution in [-0.2, 0) is 0 Å². The Hall–Kier alpha value is -2.73. The number of aromatic amines is 1. The van der Waals surface area contributed by atoms with Crippen LogP contribution in [0.15, 0.2) is 54.2 Å². The van der Waals surface area contributed by atoms with Crippen molar-refractivity contribution in [2.24, 2.45) is 0 Å². The number of aromatic nitrogens is 3. The Bertz CT molecular complexity index is 776. The number of ketones is 1. The highest BCUT2D eigenvalue weighted by Crippen LogP contribution is 2.27. The van der Waals surface area contributed by atoms with E-state index in [-0.39, 0.29) is 17.4 Å². The summed E-state index contributed by atoms with van der Waals surface area (Å²) in [5, 5.41) is 17.7. The van der Waals surface area contributed by atoms with Crippen LogP contribution in [0.2, 0.25) is 0 Å². The molecule has 21 heavy (non-hydrogen) atoms. The number of nitrogens with one attached hydrogen (secondary N) is 1. The van der Waals surface area contributed by atoms with E-state index in [1.165, 1.54) is 17.7 Å². The number of benzene rings is 1. The molecule has 6 heteroatoms. The minimum absolute atomic E-state index is 0.0989. The highest BCUT2D eigenvalue weighted by Gasteiger charge is 2.11. The Labute approximate surface area is 124 Å². The third-order valence-electron chi connectivity index (χ3n) is 2.85. The fourth-order valence-electron chi connectivity index (χ4n) is 1.82. The molecule has 0 fully saturated rings. The normalized spacial score (nSPS) is 11.5. The zero-order chi connectivity index (χ0) is 14.7. The molecule has 0 radical (unpaired) electrons. The Morgan fingerprint density at radius 2 is 2.10 bits per heavy atom. The van der Waals surface area contributed by atoms with Crippen molar-refractivity contribution >= 4 is 22.9 Å². The van der Waals surface area contributed by atoms with Crippen molar-refractivity contribution in [3.63, 3.8) is 0 Å². The molecule has 0 spiro atoms. The van der Waals surface area contributed by atoms with Crippen LogP contribution in [0.4, 0.5) is 0 Å². The van der Waals surface area contributed by atoms with Crippen LogP contribution >= 0.6 is 11.3 Å². The Morgan fingerprint density at radius 1 is 1.29 bits per heavy atom. The van der Waals surface area contributed by atoms with E-state index < -0.39 is 0 Å². The van der Waals surface area contributed by atoms with Crippen molar-refractivity contribution in [1.29, 1.82) is 0 Å². The van der Waals surface area contributed by atoms with Crippen LogP contribution in [0, 0.1) is 0 Å². The lowest BCUT2D eigenvalue weighted by atomic mass is 10.1. The van der Waals surface area contributed by atoms with Gasteiger partial charge in [-0.1, -0.05) is 30.3 Å². The molecular formula is C15H11N3O2S. The summed E-state index contributed by atoms with van der Waals surface area (Å²) < 4.78 is 0. The molecule has 2 heterocycles. The third-order valence-corrected chi connectivity index (χ3v) is 3.83. The topological polar surface area (TPSA) is 78.9 Å². The van der Waals surface area contributed by atoms with Gasteiger partial charge in [0.15, 0.2) is 11.5 Å². The number of aliphatic hydroxyl groups is 1. The van der Waals surface area contributed by atoms with Crippen molar-refractivity contribution in [2.75, 3.05) is 0 Å². The smallest absolute Gasteiger partial charge is 0.215 e. The van der Waals surface area contributed by atoms with E-state index in [9.17, 15) is 9.90 Å². The molecule has 104 valence electrons. The highest BCUT2D eigenvalue weighted by molar-refractivity contribution is 7.13. The molecule has 3 rings (SSSR count). The number of thiophene rings is 1. The average Bonchev–Trinajstić information content (AvgIpc) is 3.20. The fourth-order valence-corrected chi connectivity index (χ4v) is 2.73. The summed E-state index contributed by atoms with van der Waals surface area (Å²) in [6.45, 7) is 0. The summed E-state index contributed by atoms with van der Waals surface area (Å²) in [5.41, 5.74) is 1.59. The summed E-state index contributed by atoms with van der Waals surface area (Å²) >= 11 is 1.49. The molecule has 0 aliphatic carbocycles. The third kappa shape index (κ3) is 2.90. The molecule has 0 bridgehead atoms. The molecule has 0 aliphatic rings. The molecule has 0 atom stereocenters. The van der Waals surface area contributed by atoms with E-state index in [2.05, 4.69) is 15.2 Å². The van der Waals surface area contributed by atoms with Gasteiger partial charge in [0, 0.05) is 21.9 Å². The van der Waals surface area contributed by atoms with Crippen LogP contribution in [0.5, 0.6) is 0 Å². The number of nitrogens with zero attached hydrogens (tertiary/aromatic N) is 2. The lowest BCUT2D eigenvalue weighted by Crippen LogP contribution is -1.95. The van der Waals surface area contributed by atoms with Gasteiger partial charge in [-0.3, -0.25) is 9.89 Å². The fraction of sp³-hybridized carbons (Fsp3) is 0. The molecule has 3 aromatic rings. The minimum atomic E-state index is -0.282. The number of aliphatic hydroxyl groups excluding tert-OH is 1. The summed E-state index contributed by atoms with van der Waals surface area (Å²) in [6, 6.07) is 11.6. The minimum Gasteiger partial charge on any atom is -0.504 e. The molecule has 0 aliphatic heterocycles. The summed E-state index contributed by atoms with van der Waals surface area (Å²) in [4.78, 5) is 16.9. The largest absolute Gasteiger partial charge is 0.504 e. The maximum Gasteiger partial charge on any atom is 0.215 e. The highest BCUT2D eigenvalue weighted by atomic mass is 32.1. The van der Waals surface area contributed by atoms with Gasteiger partial charge >= 0.3 is 0 Å². The molecule has 1 aromatic carbocycles. The van der Waals surface area contributed by atoms with Crippen molar-refractivity contribution in [3.8, 4) is 10.4 Å². The lowest BCUT2D eigenvalue weighted by molar-refractivity contribution is 0.104. The Kier molecular flexibility index (Phi) is 3.61. The van der Waals surface area contributed by atoms with E-state index in [0.717, 1.165) is 16.5 Å². The molecular weight excluding hydrogens is 286 g/mol. The molecule has 2 N–H and O–H groups in total. The summed E-state index contributed by atoms with van der Waals surface area (Å²) in [5.74, 6) is -0.439. The number of hydrogen-bond acceptors (Lipinski definition) is 5. The maximum atomic E-state index is 12.1. The first-order valence-corrected chi connectivity index (χ1v) is 7.07. The van der Waals surface area contributed by atoms with Crippen LogP contribution in [-0.4, -0.2) is 26.1 Å². The standard InChI is InChI=1S/C15H11N3O2S/c19-12(7-13(20)15-16-9-17-18-15)11-6-14(21-8-11)10-4-2-1-3-5-10/h1-9,20H,(H,16,17,18). The number of rotatable bonds is 4. The van der Waals surface area contributed by atoms with E-state index in [4.69, 9.17) is 0 Å². The second kappa shape index (κ2) is 5.72. The zero-order valence-corrected chi connectivity index (χ0v) is 11.7. The number of carbonyl (C=O) groups excluding carboxylic acids is 1. The number of allylic oxidation sites excluding steroid dienone is 1. The van der Waals surface area contributed by atoms with E-state index in [1.54, 1.807) is 5.38 Å². The Morgan fingerprint density at radius 3 is 2.81 bits per heavy atom. The lowest BCUT2D eigenvalue weighted by Gasteiger charge is -1.95. The first-order chi connectivity index (χ1) is 10.2. The number of carbonyl (C=O) groups is 1. The van der Waals surface area contributed by atoms with Crippen molar-refractivity contribution < 1.29 is 9.90 Å². The number of hydrogen-bond donors (Lipinski definition) is 2. The molecule has 5 nitrogen and oxygen atoms in total. The predicted molar refractivity (Wildman–Crippen MR) is 81.1 cm³/mol. The SMILES string of the molecule is O=C(C=C(O)c1nc[nH]n1)c1csc(-c2ccccc2)c1. The van der Waals surface area contributed by atoms with Gasteiger partial charge in [-0.15, -0.1) is 11.3 Å². The molecule has 0 saturated heterocycles. The first kappa shape index (κ1) is 13.3. The van der Waals surface area contributed by atoms with Gasteiger partial charge in [0.2, 0.25) is 5.82 Å². The predicted octanol–water partition coefficient (Wildman–Crippen LogP) is 3.32. The molecule has 0 unspecified atom stereocenters. The van der Waals surface area contributed by atoms with Gasteiger partial charge in [0.05, 0.1) is 0 Å². The van der Waals surface area contributed by atoms with Crippen molar-refractivity contribution in [2.45, 2.75) is 0 Å². The van der Waals surface area contributed by atoms with Crippen molar-refractivity contribution in [1.82, 2.24) is 15.2 Å². The second-order valence-electron chi connectivity index (χ2n) is 4.28. The molecule has 2 aromatic heterocycles. The van der Waals surface area contributed by atoms with Gasteiger partial charge in [-0.05, 0) is 11.6 Å². The zero-order valence-electron chi connectivity index (χ0n) is 10.9. The van der Waals surface area contributed by atoms with Gasteiger partial charge in [0.25, 0.3) is 0 Å². The van der Waals surface area contributed by atoms with Gasteiger partial charge in [-0.2, -0.15) is 5.10 Å². The van der Waals surface area contributed by atoms with Gasteiger partial charge in [0.1, 0.15) is 6.33 Å². The van der Waals surface area contributed by atoms with Gasteiger partial charge in [-0.25, -0.2) is 4.98 Å². The van der Waals surface area contributed by atoms with E-state index >= 15 is 0 Å². The monoisotopic (exact) mass is 297 g/mol. The quantitative estimate of drug-likeness (QED) is 0.440.